The van der Waals surface area contributed by atoms with Gasteiger partial charge in [-0.05, 0) is 54.9 Å². The highest BCUT2D eigenvalue weighted by Gasteiger charge is 2.33. The van der Waals surface area contributed by atoms with Gasteiger partial charge >= 0.3 is 0 Å². The fraction of sp³-hybridized carbons (Fsp3) is 0.172. The van der Waals surface area contributed by atoms with Gasteiger partial charge in [0, 0.05) is 35.8 Å². The number of nitrogens with zero attached hydrogens (tertiary/aromatic N) is 3. The zero-order valence-corrected chi connectivity index (χ0v) is 20.3. The van der Waals surface area contributed by atoms with Gasteiger partial charge in [-0.3, -0.25) is 9.69 Å². The van der Waals surface area contributed by atoms with Gasteiger partial charge in [0.05, 0.1) is 10.6 Å². The molecule has 5 heteroatoms. The monoisotopic (exact) mass is 465 g/mol. The molecule has 1 fully saturated rings. The molecule has 5 rings (SSSR count). The first-order chi connectivity index (χ1) is 16.6. The molecule has 0 unspecified atom stereocenters. The van der Waals surface area contributed by atoms with Crippen molar-refractivity contribution in [3.63, 3.8) is 0 Å². The smallest absolute Gasteiger partial charge is 0.266 e. The molecule has 1 saturated heterocycles. The van der Waals surface area contributed by atoms with Crippen molar-refractivity contribution in [3.05, 3.63) is 107 Å². The van der Waals surface area contributed by atoms with Crippen LogP contribution in [0.1, 0.15) is 30.0 Å². The number of aromatic nitrogens is 1. The molecule has 1 aliphatic rings. The molecular weight excluding hydrogens is 438 g/mol. The van der Waals surface area contributed by atoms with Crippen molar-refractivity contribution < 1.29 is 4.79 Å². The molecule has 0 spiro atoms. The zero-order valence-electron chi connectivity index (χ0n) is 19.4. The lowest BCUT2D eigenvalue weighted by atomic mass is 10.1. The van der Waals surface area contributed by atoms with E-state index < -0.39 is 0 Å². The third-order valence-corrected chi connectivity index (χ3v) is 6.86. The number of amides is 1. The van der Waals surface area contributed by atoms with E-state index in [0.717, 1.165) is 40.3 Å². The summed E-state index contributed by atoms with van der Waals surface area (Å²) in [4.78, 5) is 20.6. The second kappa shape index (κ2) is 9.74. The van der Waals surface area contributed by atoms with E-state index in [2.05, 4.69) is 73.1 Å². The normalized spacial score (nSPS) is 16.3. The average molecular weight is 466 g/mol. The molecule has 3 aromatic carbocycles. The van der Waals surface area contributed by atoms with E-state index >= 15 is 0 Å². The van der Waals surface area contributed by atoms with Crippen LogP contribution in [0, 0.1) is 6.92 Å². The van der Waals surface area contributed by atoms with Crippen LogP contribution in [0.3, 0.4) is 0 Å². The van der Waals surface area contributed by atoms with Crippen molar-refractivity contribution in [2.24, 2.45) is 4.99 Å². The number of thioether (sulfide) groups is 1. The summed E-state index contributed by atoms with van der Waals surface area (Å²) < 4.78 is 2.27. The van der Waals surface area contributed by atoms with Crippen molar-refractivity contribution in [1.29, 1.82) is 0 Å². The van der Waals surface area contributed by atoms with Crippen LogP contribution in [-0.2, 0) is 11.3 Å². The zero-order chi connectivity index (χ0) is 23.5. The number of para-hydroxylation sites is 2. The standard InChI is InChI=1S/C29H27N3OS/c1-3-16-32-28(33)27(34-29(32)30-24-12-5-4-6-13-24)18-23-20-31(26-15-8-7-14-25(23)26)19-22-11-9-10-21(2)17-22/h4-15,17-18,20H,3,16,19H2,1-2H3/b27-18+,30-29?. The van der Waals surface area contributed by atoms with E-state index in [1.165, 1.54) is 22.9 Å². The third kappa shape index (κ3) is 4.57. The number of hydrogen-bond acceptors (Lipinski definition) is 3. The van der Waals surface area contributed by atoms with Gasteiger partial charge in [-0.15, -0.1) is 0 Å². The number of aryl methyl sites for hydroxylation is 1. The predicted octanol–water partition coefficient (Wildman–Crippen LogP) is 7.01. The highest BCUT2D eigenvalue weighted by molar-refractivity contribution is 8.18. The number of amidine groups is 1. The molecule has 0 aliphatic carbocycles. The minimum Gasteiger partial charge on any atom is -0.342 e. The number of fused-ring (bicyclic) bond motifs is 1. The summed E-state index contributed by atoms with van der Waals surface area (Å²) in [6.45, 7) is 5.64. The molecule has 0 radical (unpaired) electrons. The van der Waals surface area contributed by atoms with Gasteiger partial charge in [0.25, 0.3) is 5.91 Å². The van der Waals surface area contributed by atoms with Crippen molar-refractivity contribution in [2.75, 3.05) is 6.54 Å². The van der Waals surface area contributed by atoms with Gasteiger partial charge in [-0.1, -0.05) is 73.2 Å². The molecule has 0 saturated carbocycles. The Morgan fingerprint density at radius 2 is 1.76 bits per heavy atom. The quantitative estimate of drug-likeness (QED) is 0.287. The number of benzene rings is 3. The first kappa shape index (κ1) is 22.2. The minimum atomic E-state index is 0.0250. The maximum atomic E-state index is 13.3. The Morgan fingerprint density at radius 1 is 0.971 bits per heavy atom. The summed E-state index contributed by atoms with van der Waals surface area (Å²) in [6.07, 6.45) is 5.06. The van der Waals surface area contributed by atoms with Crippen LogP contribution in [0.5, 0.6) is 0 Å². The lowest BCUT2D eigenvalue weighted by Crippen LogP contribution is -2.29. The van der Waals surface area contributed by atoms with Gasteiger partial charge < -0.3 is 4.57 Å². The lowest BCUT2D eigenvalue weighted by Gasteiger charge is -2.13. The van der Waals surface area contributed by atoms with Crippen LogP contribution in [0.2, 0.25) is 0 Å². The van der Waals surface area contributed by atoms with Crippen molar-refractivity contribution in [2.45, 2.75) is 26.8 Å². The molecule has 0 atom stereocenters. The topological polar surface area (TPSA) is 37.6 Å². The van der Waals surface area contributed by atoms with Crippen LogP contribution in [-0.4, -0.2) is 27.1 Å². The number of rotatable bonds is 6. The summed E-state index contributed by atoms with van der Waals surface area (Å²) in [7, 11) is 0. The lowest BCUT2D eigenvalue weighted by molar-refractivity contribution is -0.122. The summed E-state index contributed by atoms with van der Waals surface area (Å²) in [5, 5.41) is 1.89. The second-order valence-electron chi connectivity index (χ2n) is 8.52. The first-order valence-electron chi connectivity index (χ1n) is 11.6. The molecule has 0 bridgehead atoms. The molecule has 1 amide bonds. The summed E-state index contributed by atoms with van der Waals surface area (Å²) >= 11 is 1.46. The summed E-state index contributed by atoms with van der Waals surface area (Å²) in [5.41, 5.74) is 5.59. The fourth-order valence-electron chi connectivity index (χ4n) is 4.29. The Morgan fingerprint density at radius 3 is 2.56 bits per heavy atom. The molecule has 1 aromatic heterocycles. The van der Waals surface area contributed by atoms with Gasteiger partial charge in [0.15, 0.2) is 5.17 Å². The fourth-order valence-corrected chi connectivity index (χ4v) is 5.31. The molecule has 2 heterocycles. The highest BCUT2D eigenvalue weighted by atomic mass is 32.2. The number of carbonyl (C=O) groups is 1. The van der Waals surface area contributed by atoms with Gasteiger partial charge in [0.1, 0.15) is 0 Å². The van der Waals surface area contributed by atoms with Crippen LogP contribution in [0.15, 0.2) is 95.0 Å². The average Bonchev–Trinajstić information content (AvgIpc) is 3.33. The number of hydrogen-bond donors (Lipinski definition) is 0. The minimum absolute atomic E-state index is 0.0250. The largest absolute Gasteiger partial charge is 0.342 e. The molecule has 170 valence electrons. The Kier molecular flexibility index (Phi) is 6.37. The van der Waals surface area contributed by atoms with Crippen molar-refractivity contribution >= 4 is 45.5 Å². The number of carbonyl (C=O) groups excluding carboxylic acids is 1. The van der Waals surface area contributed by atoms with Crippen LogP contribution in [0.4, 0.5) is 5.69 Å². The van der Waals surface area contributed by atoms with E-state index in [1.54, 1.807) is 4.90 Å². The maximum absolute atomic E-state index is 13.3. The van der Waals surface area contributed by atoms with Crippen LogP contribution in [0.25, 0.3) is 17.0 Å². The molecule has 1 aliphatic heterocycles. The third-order valence-electron chi connectivity index (χ3n) is 5.86. The highest BCUT2D eigenvalue weighted by Crippen LogP contribution is 2.36. The van der Waals surface area contributed by atoms with Gasteiger partial charge in [-0.25, -0.2) is 4.99 Å². The second-order valence-corrected chi connectivity index (χ2v) is 9.53. The Hall–Kier alpha value is -3.57. The summed E-state index contributed by atoms with van der Waals surface area (Å²) in [6, 6.07) is 26.8. The van der Waals surface area contributed by atoms with E-state index in [1.807, 2.05) is 36.4 Å². The Labute approximate surface area is 204 Å². The Bertz CT molecular complexity index is 1400. The Balaban J connectivity index is 1.52. The molecular formula is C29H27N3OS. The summed E-state index contributed by atoms with van der Waals surface area (Å²) in [5.74, 6) is 0.0250. The van der Waals surface area contributed by atoms with Crippen molar-refractivity contribution in [1.82, 2.24) is 9.47 Å². The van der Waals surface area contributed by atoms with Gasteiger partial charge in [0.2, 0.25) is 0 Å². The SMILES string of the molecule is CCCN1C(=O)/C(=C\c2cn(Cc3cccc(C)c3)c3ccccc23)SC1=Nc1ccccc1. The first-order valence-corrected chi connectivity index (χ1v) is 12.4. The van der Waals surface area contributed by atoms with Crippen LogP contribution < -0.4 is 0 Å². The van der Waals surface area contributed by atoms with Crippen LogP contribution >= 0.6 is 11.8 Å². The molecule has 4 aromatic rings. The van der Waals surface area contributed by atoms with E-state index in [0.29, 0.717) is 11.4 Å². The molecule has 4 nitrogen and oxygen atoms in total. The van der Waals surface area contributed by atoms with E-state index in [9.17, 15) is 4.79 Å². The van der Waals surface area contributed by atoms with Gasteiger partial charge in [-0.2, -0.15) is 0 Å². The maximum Gasteiger partial charge on any atom is 0.266 e. The predicted molar refractivity (Wildman–Crippen MR) is 143 cm³/mol. The van der Waals surface area contributed by atoms with E-state index in [-0.39, 0.29) is 5.91 Å². The van der Waals surface area contributed by atoms with Crippen molar-refractivity contribution in [3.8, 4) is 0 Å². The van der Waals surface area contributed by atoms with E-state index in [4.69, 9.17) is 4.99 Å². The molecule has 0 N–H and O–H groups in total. The molecule has 34 heavy (non-hydrogen) atoms. The number of aliphatic imine (C=N–C) groups is 1.